The summed E-state index contributed by atoms with van der Waals surface area (Å²) in [6.45, 7) is 3.75. The number of hydrogen-bond acceptors (Lipinski definition) is 4. The fraction of sp³-hybridized carbons (Fsp3) is 0.286. The third-order valence-electron chi connectivity index (χ3n) is 5.08. The van der Waals surface area contributed by atoms with Crippen molar-refractivity contribution in [3.63, 3.8) is 0 Å². The Morgan fingerprint density at radius 2 is 1.75 bits per heavy atom. The summed E-state index contributed by atoms with van der Waals surface area (Å²) in [5, 5.41) is 5.55. The second kappa shape index (κ2) is 7.64. The van der Waals surface area contributed by atoms with Gasteiger partial charge in [-0.3, -0.25) is 9.59 Å². The van der Waals surface area contributed by atoms with E-state index in [1.165, 1.54) is 0 Å². The van der Waals surface area contributed by atoms with Crippen molar-refractivity contribution in [2.24, 2.45) is 0 Å². The molecule has 3 aromatic rings. The molecule has 0 radical (unpaired) electrons. The number of piperazine rings is 1. The van der Waals surface area contributed by atoms with Crippen molar-refractivity contribution in [1.82, 2.24) is 15.0 Å². The number of benzene rings is 2. The standard InChI is InChI=1S/C21H20ClN3O3/c1-14(26)24-7-9-25(10-8-24)19(27)12-16-11-17(22)13-18-20(16)23-28-21(18)15-5-3-2-4-6-15/h2-6,11,13H,7-10,12H2,1H3. The van der Waals surface area contributed by atoms with Gasteiger partial charge in [-0.2, -0.15) is 0 Å². The van der Waals surface area contributed by atoms with E-state index in [4.69, 9.17) is 16.1 Å². The molecule has 0 bridgehead atoms. The maximum atomic E-state index is 12.8. The Balaban J connectivity index is 1.58. The second-order valence-electron chi connectivity index (χ2n) is 6.90. The van der Waals surface area contributed by atoms with E-state index < -0.39 is 0 Å². The van der Waals surface area contributed by atoms with Crippen molar-refractivity contribution in [1.29, 1.82) is 0 Å². The lowest BCUT2D eigenvalue weighted by molar-refractivity contribution is -0.137. The van der Waals surface area contributed by atoms with Gasteiger partial charge < -0.3 is 14.3 Å². The predicted molar refractivity (Wildman–Crippen MR) is 107 cm³/mol. The van der Waals surface area contributed by atoms with Crippen LogP contribution >= 0.6 is 11.6 Å². The van der Waals surface area contributed by atoms with Crippen LogP contribution in [0.15, 0.2) is 47.0 Å². The molecule has 0 atom stereocenters. The van der Waals surface area contributed by atoms with E-state index in [1.807, 2.05) is 36.4 Å². The first kappa shape index (κ1) is 18.5. The molecule has 1 aliphatic heterocycles. The summed E-state index contributed by atoms with van der Waals surface area (Å²) in [4.78, 5) is 27.8. The molecule has 0 N–H and O–H groups in total. The van der Waals surface area contributed by atoms with Gasteiger partial charge in [0.1, 0.15) is 5.52 Å². The van der Waals surface area contributed by atoms with Crippen LogP contribution in [0.2, 0.25) is 5.02 Å². The molecule has 0 saturated carbocycles. The maximum Gasteiger partial charge on any atom is 0.227 e. The van der Waals surface area contributed by atoms with Gasteiger partial charge in [0.25, 0.3) is 0 Å². The number of carbonyl (C=O) groups is 2. The molecule has 28 heavy (non-hydrogen) atoms. The van der Waals surface area contributed by atoms with Crippen LogP contribution in [-0.2, 0) is 16.0 Å². The number of halogens is 1. The van der Waals surface area contributed by atoms with Crippen molar-refractivity contribution in [2.45, 2.75) is 13.3 Å². The Bertz CT molecular complexity index is 1020. The Morgan fingerprint density at radius 1 is 1.07 bits per heavy atom. The number of hydrogen-bond donors (Lipinski definition) is 0. The number of carbonyl (C=O) groups excluding carboxylic acids is 2. The predicted octanol–water partition coefficient (Wildman–Crippen LogP) is 3.38. The van der Waals surface area contributed by atoms with Crippen LogP contribution in [0.4, 0.5) is 0 Å². The zero-order valence-electron chi connectivity index (χ0n) is 15.5. The first-order chi connectivity index (χ1) is 13.5. The molecular formula is C21H20ClN3O3. The molecule has 1 saturated heterocycles. The number of fused-ring (bicyclic) bond motifs is 1. The fourth-order valence-electron chi connectivity index (χ4n) is 3.56. The molecule has 144 valence electrons. The average molecular weight is 398 g/mol. The monoisotopic (exact) mass is 397 g/mol. The Kier molecular flexibility index (Phi) is 5.05. The van der Waals surface area contributed by atoms with Crippen LogP contribution in [0.3, 0.4) is 0 Å². The van der Waals surface area contributed by atoms with E-state index in [1.54, 1.807) is 22.8 Å². The second-order valence-corrected chi connectivity index (χ2v) is 7.34. The minimum atomic E-state index is -0.00368. The summed E-state index contributed by atoms with van der Waals surface area (Å²) >= 11 is 6.32. The highest BCUT2D eigenvalue weighted by atomic mass is 35.5. The zero-order valence-corrected chi connectivity index (χ0v) is 16.3. The van der Waals surface area contributed by atoms with Gasteiger partial charge in [0.15, 0.2) is 5.76 Å². The van der Waals surface area contributed by atoms with Gasteiger partial charge >= 0.3 is 0 Å². The molecule has 7 heteroatoms. The van der Waals surface area contributed by atoms with Crippen molar-refractivity contribution in [3.05, 3.63) is 53.1 Å². The summed E-state index contributed by atoms with van der Waals surface area (Å²) in [7, 11) is 0. The lowest BCUT2D eigenvalue weighted by atomic mass is 10.0. The van der Waals surface area contributed by atoms with Crippen molar-refractivity contribution in [2.75, 3.05) is 26.2 Å². The quantitative estimate of drug-likeness (QED) is 0.679. The highest BCUT2D eigenvalue weighted by Gasteiger charge is 2.24. The van der Waals surface area contributed by atoms with Gasteiger partial charge in [0, 0.05) is 43.7 Å². The smallest absolute Gasteiger partial charge is 0.227 e. The molecule has 1 aliphatic rings. The highest BCUT2D eigenvalue weighted by molar-refractivity contribution is 6.31. The van der Waals surface area contributed by atoms with Gasteiger partial charge in [-0.25, -0.2) is 0 Å². The Morgan fingerprint density at radius 3 is 2.43 bits per heavy atom. The van der Waals surface area contributed by atoms with Crippen molar-refractivity contribution < 1.29 is 14.1 Å². The van der Waals surface area contributed by atoms with Crippen LogP contribution in [-0.4, -0.2) is 52.9 Å². The summed E-state index contributed by atoms with van der Waals surface area (Å²) in [5.41, 5.74) is 2.30. The topological polar surface area (TPSA) is 66.7 Å². The van der Waals surface area contributed by atoms with Gasteiger partial charge in [-0.05, 0) is 17.7 Å². The van der Waals surface area contributed by atoms with Crippen molar-refractivity contribution in [3.8, 4) is 11.3 Å². The maximum absolute atomic E-state index is 12.8. The molecule has 4 rings (SSSR count). The molecule has 2 heterocycles. The molecule has 0 unspecified atom stereocenters. The lowest BCUT2D eigenvalue weighted by Gasteiger charge is -2.34. The van der Waals surface area contributed by atoms with E-state index in [0.717, 1.165) is 16.5 Å². The number of amides is 2. The van der Waals surface area contributed by atoms with Gasteiger partial charge in [-0.1, -0.05) is 47.1 Å². The van der Waals surface area contributed by atoms with E-state index in [0.29, 0.717) is 42.5 Å². The first-order valence-corrected chi connectivity index (χ1v) is 9.57. The molecule has 2 amide bonds. The van der Waals surface area contributed by atoms with Gasteiger partial charge in [0.2, 0.25) is 11.8 Å². The largest absolute Gasteiger partial charge is 0.355 e. The van der Waals surface area contributed by atoms with E-state index in [2.05, 4.69) is 5.16 Å². The number of nitrogens with zero attached hydrogens (tertiary/aromatic N) is 3. The Labute approximate surface area is 167 Å². The number of aromatic nitrogens is 1. The third kappa shape index (κ3) is 3.60. The van der Waals surface area contributed by atoms with E-state index in [-0.39, 0.29) is 18.2 Å². The summed E-state index contributed by atoms with van der Waals surface area (Å²) in [6, 6.07) is 13.3. The minimum Gasteiger partial charge on any atom is -0.355 e. The van der Waals surface area contributed by atoms with Crippen LogP contribution in [0.25, 0.3) is 22.2 Å². The lowest BCUT2D eigenvalue weighted by Crippen LogP contribution is -2.50. The first-order valence-electron chi connectivity index (χ1n) is 9.19. The molecule has 6 nitrogen and oxygen atoms in total. The number of rotatable bonds is 3. The molecule has 0 aliphatic carbocycles. The van der Waals surface area contributed by atoms with Gasteiger partial charge in [-0.15, -0.1) is 0 Å². The Hall–Kier alpha value is -2.86. The van der Waals surface area contributed by atoms with Crippen LogP contribution in [0.5, 0.6) is 0 Å². The highest BCUT2D eigenvalue weighted by Crippen LogP contribution is 2.33. The summed E-state index contributed by atoms with van der Waals surface area (Å²) < 4.78 is 5.59. The molecule has 1 fully saturated rings. The van der Waals surface area contributed by atoms with Crippen LogP contribution in [0.1, 0.15) is 12.5 Å². The average Bonchev–Trinajstić information content (AvgIpc) is 3.12. The third-order valence-corrected chi connectivity index (χ3v) is 5.30. The summed E-state index contributed by atoms with van der Waals surface area (Å²) in [6.07, 6.45) is 0.192. The van der Waals surface area contributed by atoms with E-state index in [9.17, 15) is 9.59 Å². The molecule has 1 aromatic heterocycles. The minimum absolute atomic E-state index is 0.00368. The molecule has 0 spiro atoms. The van der Waals surface area contributed by atoms with E-state index >= 15 is 0 Å². The van der Waals surface area contributed by atoms with Crippen LogP contribution in [0, 0.1) is 0 Å². The van der Waals surface area contributed by atoms with Gasteiger partial charge in [0.05, 0.1) is 11.8 Å². The SMILES string of the molecule is CC(=O)N1CCN(C(=O)Cc2cc(Cl)cc3c(-c4ccccc4)onc23)CC1. The zero-order chi connectivity index (χ0) is 19.7. The molecule has 2 aromatic carbocycles. The van der Waals surface area contributed by atoms with Crippen molar-refractivity contribution >= 4 is 34.3 Å². The van der Waals surface area contributed by atoms with Crippen LogP contribution < -0.4 is 0 Å². The summed E-state index contributed by atoms with van der Waals surface area (Å²) in [5.74, 6) is 0.678. The molecular weight excluding hydrogens is 378 g/mol. The normalized spacial score (nSPS) is 14.5. The fourth-order valence-corrected chi connectivity index (χ4v) is 3.80.